The number of hydrogen-bond acceptors (Lipinski definition) is 3. The van der Waals surface area contributed by atoms with Crippen LogP contribution >= 0.6 is 11.6 Å². The van der Waals surface area contributed by atoms with Gasteiger partial charge < -0.3 is 9.88 Å². The van der Waals surface area contributed by atoms with Crippen molar-refractivity contribution in [2.75, 3.05) is 5.32 Å². The normalized spacial score (nSPS) is 10.2. The van der Waals surface area contributed by atoms with Crippen molar-refractivity contribution in [2.24, 2.45) is 7.05 Å². The van der Waals surface area contributed by atoms with E-state index in [-0.39, 0.29) is 5.56 Å². The monoisotopic (exact) mass is 249 g/mol. The van der Waals surface area contributed by atoms with E-state index in [2.05, 4.69) is 10.3 Å². The van der Waals surface area contributed by atoms with Gasteiger partial charge in [0.2, 0.25) is 0 Å². The van der Waals surface area contributed by atoms with Gasteiger partial charge in [0.25, 0.3) is 5.56 Å². The second-order valence-corrected chi connectivity index (χ2v) is 4.11. The summed E-state index contributed by atoms with van der Waals surface area (Å²) >= 11 is 5.87. The Kier molecular flexibility index (Phi) is 3.44. The SMILES string of the molecule is Cn1ccnc(NCc2cccc(Cl)c2)c1=O. The van der Waals surface area contributed by atoms with Gasteiger partial charge in [0.05, 0.1) is 0 Å². The first-order valence-electron chi connectivity index (χ1n) is 5.17. The molecule has 1 heterocycles. The molecule has 17 heavy (non-hydrogen) atoms. The van der Waals surface area contributed by atoms with Gasteiger partial charge >= 0.3 is 0 Å². The van der Waals surface area contributed by atoms with Crippen molar-refractivity contribution in [1.82, 2.24) is 9.55 Å². The van der Waals surface area contributed by atoms with Gasteiger partial charge in [-0.25, -0.2) is 4.98 Å². The van der Waals surface area contributed by atoms with E-state index >= 15 is 0 Å². The van der Waals surface area contributed by atoms with Crippen molar-refractivity contribution in [2.45, 2.75) is 6.54 Å². The molecule has 1 aromatic heterocycles. The lowest BCUT2D eigenvalue weighted by molar-refractivity contribution is 0.839. The Hall–Kier alpha value is -1.81. The van der Waals surface area contributed by atoms with E-state index in [0.29, 0.717) is 17.4 Å². The molecule has 0 amide bonds. The Labute approximate surface area is 104 Å². The smallest absolute Gasteiger partial charge is 0.293 e. The highest BCUT2D eigenvalue weighted by molar-refractivity contribution is 6.30. The first-order chi connectivity index (χ1) is 8.16. The van der Waals surface area contributed by atoms with Crippen LogP contribution in [0.25, 0.3) is 0 Å². The van der Waals surface area contributed by atoms with E-state index in [1.54, 1.807) is 19.4 Å². The minimum Gasteiger partial charge on any atom is -0.361 e. The maximum atomic E-state index is 11.7. The van der Waals surface area contributed by atoms with Crippen LogP contribution in [0.4, 0.5) is 5.82 Å². The molecule has 5 heteroatoms. The van der Waals surface area contributed by atoms with E-state index in [1.165, 1.54) is 4.57 Å². The van der Waals surface area contributed by atoms with E-state index in [1.807, 2.05) is 24.3 Å². The number of nitrogens with one attached hydrogen (secondary N) is 1. The standard InChI is InChI=1S/C12H12ClN3O/c1-16-6-5-14-11(12(16)17)15-8-9-3-2-4-10(13)7-9/h2-7H,8H2,1H3,(H,14,15). The molecular formula is C12H12ClN3O. The quantitative estimate of drug-likeness (QED) is 0.906. The van der Waals surface area contributed by atoms with Crippen LogP contribution in [-0.4, -0.2) is 9.55 Å². The third-order valence-corrected chi connectivity index (χ3v) is 2.60. The predicted octanol–water partition coefficient (Wildman–Crippen LogP) is 2.05. The predicted molar refractivity (Wildman–Crippen MR) is 68.3 cm³/mol. The number of halogens is 1. The van der Waals surface area contributed by atoms with Crippen LogP contribution in [0, 0.1) is 0 Å². The summed E-state index contributed by atoms with van der Waals surface area (Å²) < 4.78 is 1.48. The van der Waals surface area contributed by atoms with Gasteiger partial charge in [-0.05, 0) is 17.7 Å². The summed E-state index contributed by atoms with van der Waals surface area (Å²) in [6.45, 7) is 0.521. The molecular weight excluding hydrogens is 238 g/mol. The van der Waals surface area contributed by atoms with Gasteiger partial charge in [-0.15, -0.1) is 0 Å². The number of nitrogens with zero attached hydrogens (tertiary/aromatic N) is 2. The van der Waals surface area contributed by atoms with Crippen LogP contribution in [0.15, 0.2) is 41.5 Å². The van der Waals surface area contributed by atoms with Gasteiger partial charge in [0.15, 0.2) is 5.82 Å². The molecule has 4 nitrogen and oxygen atoms in total. The molecule has 0 aliphatic rings. The molecule has 0 saturated carbocycles. The van der Waals surface area contributed by atoms with E-state index < -0.39 is 0 Å². The highest BCUT2D eigenvalue weighted by atomic mass is 35.5. The minimum atomic E-state index is -0.144. The van der Waals surface area contributed by atoms with Crippen LogP contribution in [0.1, 0.15) is 5.56 Å². The maximum absolute atomic E-state index is 11.7. The molecule has 0 saturated heterocycles. The molecule has 0 aliphatic carbocycles. The van der Waals surface area contributed by atoms with Crippen molar-refractivity contribution >= 4 is 17.4 Å². The molecule has 1 aromatic carbocycles. The van der Waals surface area contributed by atoms with E-state index in [0.717, 1.165) is 5.56 Å². The summed E-state index contributed by atoms with van der Waals surface area (Å²) in [6, 6.07) is 7.47. The fraction of sp³-hybridized carbons (Fsp3) is 0.167. The van der Waals surface area contributed by atoms with Gasteiger partial charge in [-0.1, -0.05) is 23.7 Å². The van der Waals surface area contributed by atoms with Crippen LogP contribution in [0.3, 0.4) is 0 Å². The third kappa shape index (κ3) is 2.85. The summed E-state index contributed by atoms with van der Waals surface area (Å²) in [4.78, 5) is 15.7. The molecule has 1 N–H and O–H groups in total. The van der Waals surface area contributed by atoms with Crippen molar-refractivity contribution in [1.29, 1.82) is 0 Å². The Morgan fingerprint density at radius 3 is 3.06 bits per heavy atom. The lowest BCUT2D eigenvalue weighted by Crippen LogP contribution is -2.21. The van der Waals surface area contributed by atoms with Crippen molar-refractivity contribution in [3.63, 3.8) is 0 Å². The number of rotatable bonds is 3. The average Bonchev–Trinajstić information content (AvgIpc) is 2.31. The van der Waals surface area contributed by atoms with E-state index in [4.69, 9.17) is 11.6 Å². The highest BCUT2D eigenvalue weighted by Gasteiger charge is 2.01. The van der Waals surface area contributed by atoms with E-state index in [9.17, 15) is 4.79 Å². The molecule has 0 fully saturated rings. The minimum absolute atomic E-state index is 0.144. The van der Waals surface area contributed by atoms with Gasteiger partial charge in [0.1, 0.15) is 0 Å². The molecule has 0 aliphatic heterocycles. The molecule has 0 unspecified atom stereocenters. The maximum Gasteiger partial charge on any atom is 0.293 e. The Bertz CT molecular complexity index is 580. The summed E-state index contributed by atoms with van der Waals surface area (Å²) in [5.41, 5.74) is 0.861. The number of anilines is 1. The third-order valence-electron chi connectivity index (χ3n) is 2.37. The average molecular weight is 250 g/mol. The zero-order chi connectivity index (χ0) is 12.3. The summed E-state index contributed by atoms with van der Waals surface area (Å²) in [6.07, 6.45) is 3.20. The number of benzene rings is 1. The molecule has 88 valence electrons. The molecule has 2 rings (SSSR count). The van der Waals surface area contributed by atoms with Crippen molar-refractivity contribution in [3.05, 3.63) is 57.6 Å². The molecule has 0 atom stereocenters. The molecule has 0 spiro atoms. The van der Waals surface area contributed by atoms with Crippen molar-refractivity contribution in [3.8, 4) is 0 Å². The molecule has 0 bridgehead atoms. The number of aromatic nitrogens is 2. The summed E-state index contributed by atoms with van der Waals surface area (Å²) in [5.74, 6) is 0.343. The van der Waals surface area contributed by atoms with Crippen molar-refractivity contribution < 1.29 is 0 Å². The number of hydrogen-bond donors (Lipinski definition) is 1. The zero-order valence-electron chi connectivity index (χ0n) is 9.35. The van der Waals surface area contributed by atoms with Crippen LogP contribution < -0.4 is 10.9 Å². The van der Waals surface area contributed by atoms with Gasteiger partial charge in [-0.3, -0.25) is 4.79 Å². The first kappa shape index (κ1) is 11.7. The Balaban J connectivity index is 2.13. The van der Waals surface area contributed by atoms with Crippen LogP contribution in [0.5, 0.6) is 0 Å². The Morgan fingerprint density at radius 1 is 1.47 bits per heavy atom. The second-order valence-electron chi connectivity index (χ2n) is 3.68. The Morgan fingerprint density at radius 2 is 2.29 bits per heavy atom. The van der Waals surface area contributed by atoms with Gasteiger partial charge in [-0.2, -0.15) is 0 Å². The fourth-order valence-corrected chi connectivity index (χ4v) is 1.66. The van der Waals surface area contributed by atoms with Gasteiger partial charge in [0, 0.05) is 31.0 Å². The number of aryl methyl sites for hydroxylation is 1. The fourth-order valence-electron chi connectivity index (χ4n) is 1.45. The largest absolute Gasteiger partial charge is 0.361 e. The van der Waals surface area contributed by atoms with Crippen LogP contribution in [0.2, 0.25) is 5.02 Å². The summed E-state index contributed by atoms with van der Waals surface area (Å²) in [5, 5.41) is 3.67. The lowest BCUT2D eigenvalue weighted by Gasteiger charge is -2.06. The zero-order valence-corrected chi connectivity index (χ0v) is 10.1. The van der Waals surface area contributed by atoms with Crippen LogP contribution in [-0.2, 0) is 13.6 Å². The molecule has 0 radical (unpaired) electrons. The topological polar surface area (TPSA) is 46.9 Å². The first-order valence-corrected chi connectivity index (χ1v) is 5.54. The lowest BCUT2D eigenvalue weighted by atomic mass is 10.2. The molecule has 2 aromatic rings. The summed E-state index contributed by atoms with van der Waals surface area (Å²) in [7, 11) is 1.69. The second kappa shape index (κ2) is 5.01. The highest BCUT2D eigenvalue weighted by Crippen LogP contribution is 2.11.